The number of carbonyl (C=O) groups is 2. The van der Waals surface area contributed by atoms with Gasteiger partial charge in [0.1, 0.15) is 16.5 Å². The van der Waals surface area contributed by atoms with Crippen LogP contribution in [0.5, 0.6) is 5.75 Å². The molecule has 0 saturated heterocycles. The van der Waals surface area contributed by atoms with E-state index in [0.29, 0.717) is 21.8 Å². The van der Waals surface area contributed by atoms with Gasteiger partial charge < -0.3 is 10.1 Å². The maximum atomic E-state index is 13.1. The van der Waals surface area contributed by atoms with E-state index in [1.54, 1.807) is 37.3 Å². The summed E-state index contributed by atoms with van der Waals surface area (Å²) >= 11 is 5.89. The third-order valence-electron chi connectivity index (χ3n) is 5.24. The van der Waals surface area contributed by atoms with Crippen molar-refractivity contribution in [3.63, 3.8) is 0 Å². The molecule has 4 rings (SSSR count). The SMILES string of the molecule is COc1ccc(-c2c(C)nn3c2NC(=O)CCC3=O)cc1S(=O)(=O)NCc1ccc(Cl)cc1. The summed E-state index contributed by atoms with van der Waals surface area (Å²) < 4.78 is 35.3. The molecule has 2 aromatic carbocycles. The second kappa shape index (κ2) is 8.97. The first-order chi connectivity index (χ1) is 15.7. The van der Waals surface area contributed by atoms with Crippen LogP contribution in [-0.4, -0.2) is 37.1 Å². The molecule has 172 valence electrons. The summed E-state index contributed by atoms with van der Waals surface area (Å²) in [5.41, 5.74) is 2.15. The van der Waals surface area contributed by atoms with Crippen molar-refractivity contribution in [2.45, 2.75) is 31.2 Å². The topological polar surface area (TPSA) is 119 Å². The van der Waals surface area contributed by atoms with E-state index in [-0.39, 0.29) is 47.7 Å². The number of aromatic nitrogens is 2. The summed E-state index contributed by atoms with van der Waals surface area (Å²) in [7, 11) is -2.60. The van der Waals surface area contributed by atoms with Gasteiger partial charge in [0, 0.05) is 30.0 Å². The number of aryl methyl sites for hydroxylation is 1. The Morgan fingerprint density at radius 1 is 1.15 bits per heavy atom. The number of carbonyl (C=O) groups excluding carboxylic acids is 2. The first-order valence-corrected chi connectivity index (χ1v) is 11.9. The zero-order chi connectivity index (χ0) is 23.8. The van der Waals surface area contributed by atoms with Crippen LogP contribution in [0.25, 0.3) is 11.1 Å². The van der Waals surface area contributed by atoms with E-state index in [9.17, 15) is 18.0 Å². The van der Waals surface area contributed by atoms with Crippen molar-refractivity contribution in [3.8, 4) is 16.9 Å². The monoisotopic (exact) mass is 488 g/mol. The normalized spacial score (nSPS) is 13.9. The van der Waals surface area contributed by atoms with Crippen LogP contribution >= 0.6 is 11.6 Å². The summed E-state index contributed by atoms with van der Waals surface area (Å²) in [5, 5.41) is 7.53. The minimum atomic E-state index is -3.98. The lowest BCUT2D eigenvalue weighted by molar-refractivity contribution is -0.116. The van der Waals surface area contributed by atoms with Crippen LogP contribution < -0.4 is 14.8 Å². The van der Waals surface area contributed by atoms with E-state index in [4.69, 9.17) is 16.3 Å². The molecule has 1 amide bonds. The highest BCUT2D eigenvalue weighted by molar-refractivity contribution is 7.89. The molecule has 0 fully saturated rings. The van der Waals surface area contributed by atoms with Gasteiger partial charge in [-0.1, -0.05) is 29.8 Å². The van der Waals surface area contributed by atoms with Crippen LogP contribution in [0.1, 0.15) is 28.9 Å². The summed E-state index contributed by atoms with van der Waals surface area (Å²) in [6.07, 6.45) is 0.0911. The number of nitrogens with one attached hydrogen (secondary N) is 2. The molecule has 0 aliphatic carbocycles. The van der Waals surface area contributed by atoms with E-state index in [1.807, 2.05) is 0 Å². The number of amides is 1. The molecule has 3 aromatic rings. The van der Waals surface area contributed by atoms with Crippen molar-refractivity contribution in [1.82, 2.24) is 14.5 Å². The standard InChI is InChI=1S/C22H21ClN4O5S/c1-13-21(22-25-19(28)9-10-20(29)27(22)26-13)15-5-8-17(32-2)18(11-15)33(30,31)24-12-14-3-6-16(23)7-4-14/h3-8,11,24H,9-10,12H2,1-2H3,(H,25,28). The number of rotatable bonds is 6. The van der Waals surface area contributed by atoms with Crippen molar-refractivity contribution in [2.24, 2.45) is 0 Å². The average molecular weight is 489 g/mol. The van der Waals surface area contributed by atoms with Crippen molar-refractivity contribution >= 4 is 39.3 Å². The molecule has 1 aromatic heterocycles. The van der Waals surface area contributed by atoms with Crippen LogP contribution in [0.3, 0.4) is 0 Å². The molecule has 0 bridgehead atoms. The third kappa shape index (κ3) is 4.63. The van der Waals surface area contributed by atoms with Crippen LogP contribution in [0.2, 0.25) is 5.02 Å². The molecule has 2 heterocycles. The van der Waals surface area contributed by atoms with Crippen molar-refractivity contribution in [3.05, 3.63) is 58.7 Å². The molecule has 33 heavy (non-hydrogen) atoms. The van der Waals surface area contributed by atoms with Crippen molar-refractivity contribution in [2.75, 3.05) is 12.4 Å². The zero-order valence-corrected chi connectivity index (χ0v) is 19.5. The molecule has 0 atom stereocenters. The molecule has 9 nitrogen and oxygen atoms in total. The number of nitrogens with zero attached hydrogens (tertiary/aromatic N) is 2. The highest BCUT2D eigenvalue weighted by Gasteiger charge is 2.28. The minimum Gasteiger partial charge on any atom is -0.495 e. The summed E-state index contributed by atoms with van der Waals surface area (Å²) in [5.74, 6) is -0.251. The molecule has 0 saturated carbocycles. The molecular formula is C22H21ClN4O5S. The zero-order valence-electron chi connectivity index (χ0n) is 17.9. The highest BCUT2D eigenvalue weighted by atomic mass is 35.5. The lowest BCUT2D eigenvalue weighted by Gasteiger charge is -2.13. The summed E-state index contributed by atoms with van der Waals surface area (Å²) in [6, 6.07) is 11.4. The van der Waals surface area contributed by atoms with E-state index in [2.05, 4.69) is 15.1 Å². The quantitative estimate of drug-likeness (QED) is 0.549. The fraction of sp³-hybridized carbons (Fsp3) is 0.227. The second-order valence-corrected chi connectivity index (χ2v) is 9.65. The molecule has 1 aliphatic rings. The minimum absolute atomic E-state index is 0.0379. The molecule has 2 N–H and O–H groups in total. The highest BCUT2D eigenvalue weighted by Crippen LogP contribution is 2.36. The molecule has 0 unspecified atom stereocenters. The number of fused-ring (bicyclic) bond motifs is 1. The largest absolute Gasteiger partial charge is 0.495 e. The van der Waals surface area contributed by atoms with Gasteiger partial charge in [-0.25, -0.2) is 13.1 Å². The van der Waals surface area contributed by atoms with Gasteiger partial charge in [0.05, 0.1) is 12.8 Å². The van der Waals surface area contributed by atoms with Gasteiger partial charge in [0.15, 0.2) is 0 Å². The van der Waals surface area contributed by atoms with Gasteiger partial charge in [-0.2, -0.15) is 9.78 Å². The second-order valence-electron chi connectivity index (χ2n) is 7.48. The molecule has 11 heteroatoms. The number of methoxy groups -OCH3 is 1. The number of hydrogen-bond acceptors (Lipinski definition) is 6. The van der Waals surface area contributed by atoms with Gasteiger partial charge in [-0.05, 0) is 42.3 Å². The van der Waals surface area contributed by atoms with Gasteiger partial charge in [0.25, 0.3) is 0 Å². The lowest BCUT2D eigenvalue weighted by Crippen LogP contribution is -2.23. The lowest BCUT2D eigenvalue weighted by atomic mass is 10.1. The van der Waals surface area contributed by atoms with Gasteiger partial charge in [-0.15, -0.1) is 0 Å². The fourth-order valence-corrected chi connectivity index (χ4v) is 4.93. The molecule has 0 spiro atoms. The summed E-state index contributed by atoms with van der Waals surface area (Å²) in [4.78, 5) is 24.4. The Kier molecular flexibility index (Phi) is 6.24. The maximum Gasteiger partial charge on any atom is 0.249 e. The van der Waals surface area contributed by atoms with Gasteiger partial charge >= 0.3 is 0 Å². The third-order valence-corrected chi connectivity index (χ3v) is 6.92. The Labute approximate surface area is 195 Å². The first kappa shape index (κ1) is 23.0. The van der Waals surface area contributed by atoms with Crippen LogP contribution in [0.4, 0.5) is 5.82 Å². The molecular weight excluding hydrogens is 468 g/mol. The average Bonchev–Trinajstić information content (AvgIpc) is 3.05. The maximum absolute atomic E-state index is 13.1. The Bertz CT molecular complexity index is 1350. The molecule has 0 radical (unpaired) electrons. The van der Waals surface area contributed by atoms with E-state index in [1.165, 1.54) is 19.2 Å². The van der Waals surface area contributed by atoms with Crippen LogP contribution in [0.15, 0.2) is 47.4 Å². The Hall–Kier alpha value is -3.21. The summed E-state index contributed by atoms with van der Waals surface area (Å²) in [6.45, 7) is 1.74. The first-order valence-electron chi connectivity index (χ1n) is 10.0. The van der Waals surface area contributed by atoms with E-state index in [0.717, 1.165) is 10.2 Å². The number of benzene rings is 2. The number of sulfonamides is 1. The van der Waals surface area contributed by atoms with Crippen LogP contribution in [-0.2, 0) is 21.4 Å². The predicted octanol–water partition coefficient (Wildman–Crippen LogP) is 3.37. The number of anilines is 1. The van der Waals surface area contributed by atoms with Gasteiger partial charge in [0.2, 0.25) is 21.8 Å². The Morgan fingerprint density at radius 3 is 2.58 bits per heavy atom. The van der Waals surface area contributed by atoms with E-state index >= 15 is 0 Å². The van der Waals surface area contributed by atoms with Crippen molar-refractivity contribution in [1.29, 1.82) is 0 Å². The Balaban J connectivity index is 1.74. The van der Waals surface area contributed by atoms with Crippen LogP contribution in [0, 0.1) is 6.92 Å². The van der Waals surface area contributed by atoms with Gasteiger partial charge in [-0.3, -0.25) is 9.59 Å². The number of ether oxygens (including phenoxy) is 1. The number of hydrogen-bond donors (Lipinski definition) is 2. The van der Waals surface area contributed by atoms with Crippen molar-refractivity contribution < 1.29 is 22.7 Å². The predicted molar refractivity (Wildman–Crippen MR) is 123 cm³/mol. The van der Waals surface area contributed by atoms with E-state index < -0.39 is 10.0 Å². The number of halogens is 1. The molecule has 1 aliphatic heterocycles. The smallest absolute Gasteiger partial charge is 0.249 e. The fourth-order valence-electron chi connectivity index (χ4n) is 3.59. The Morgan fingerprint density at radius 2 is 1.88 bits per heavy atom.